The van der Waals surface area contributed by atoms with Gasteiger partial charge in [0.15, 0.2) is 0 Å². The number of alkyl halides is 3. The van der Waals surface area contributed by atoms with Gasteiger partial charge in [0, 0.05) is 17.7 Å². The van der Waals surface area contributed by atoms with Gasteiger partial charge in [0.1, 0.15) is 6.54 Å². The molecule has 0 unspecified atom stereocenters. The van der Waals surface area contributed by atoms with E-state index in [1.807, 2.05) is 0 Å². The van der Waals surface area contributed by atoms with E-state index in [-0.39, 0.29) is 21.8 Å². The molecular weight excluding hydrogens is 501 g/mol. The number of sulfonamides is 1. The SMILES string of the molecule is Cc1ccc(S(=O)(=O)N(CC(=O)N/N=C\c2cccc([N+](=O)[O-])c2)c2cccc(C(F)(F)F)c2)cc1. The van der Waals surface area contributed by atoms with Crippen LogP contribution in [0.2, 0.25) is 0 Å². The van der Waals surface area contributed by atoms with Crippen molar-refractivity contribution in [2.24, 2.45) is 5.10 Å². The first-order chi connectivity index (χ1) is 16.9. The first kappa shape index (κ1) is 26.3. The van der Waals surface area contributed by atoms with Crippen molar-refractivity contribution in [2.75, 3.05) is 10.8 Å². The number of rotatable bonds is 8. The third-order valence-electron chi connectivity index (χ3n) is 4.84. The van der Waals surface area contributed by atoms with E-state index in [4.69, 9.17) is 0 Å². The molecule has 3 aromatic carbocycles. The van der Waals surface area contributed by atoms with Gasteiger partial charge >= 0.3 is 6.18 Å². The molecule has 9 nitrogen and oxygen atoms in total. The van der Waals surface area contributed by atoms with Crippen molar-refractivity contribution >= 4 is 33.5 Å². The van der Waals surface area contributed by atoms with Gasteiger partial charge < -0.3 is 0 Å². The number of benzene rings is 3. The van der Waals surface area contributed by atoms with E-state index in [1.54, 1.807) is 6.92 Å². The average molecular weight is 520 g/mol. The Bertz CT molecular complexity index is 1410. The molecule has 0 aliphatic rings. The highest BCUT2D eigenvalue weighted by Gasteiger charge is 2.33. The summed E-state index contributed by atoms with van der Waals surface area (Å²) in [6.45, 7) is 0.845. The normalized spacial score (nSPS) is 11.9. The molecule has 0 saturated carbocycles. The number of hydrogen-bond acceptors (Lipinski definition) is 6. The van der Waals surface area contributed by atoms with Gasteiger partial charge in [-0.1, -0.05) is 35.9 Å². The van der Waals surface area contributed by atoms with Crippen molar-refractivity contribution in [1.82, 2.24) is 5.43 Å². The topological polar surface area (TPSA) is 122 Å². The monoisotopic (exact) mass is 520 g/mol. The zero-order valence-corrected chi connectivity index (χ0v) is 19.5. The Morgan fingerprint density at radius 3 is 2.39 bits per heavy atom. The third kappa shape index (κ3) is 6.44. The van der Waals surface area contributed by atoms with E-state index in [0.29, 0.717) is 10.4 Å². The second-order valence-corrected chi connectivity index (χ2v) is 9.38. The van der Waals surface area contributed by atoms with Crippen molar-refractivity contribution in [3.8, 4) is 0 Å². The van der Waals surface area contributed by atoms with Gasteiger partial charge in [0.05, 0.1) is 27.3 Å². The number of nitrogens with one attached hydrogen (secondary N) is 1. The first-order valence-corrected chi connectivity index (χ1v) is 11.6. The number of hydrazone groups is 1. The minimum Gasteiger partial charge on any atom is -0.271 e. The molecule has 1 N–H and O–H groups in total. The van der Waals surface area contributed by atoms with Crippen LogP contribution in [-0.2, 0) is 21.0 Å². The van der Waals surface area contributed by atoms with Gasteiger partial charge in [0.25, 0.3) is 21.6 Å². The molecular formula is C23H19F3N4O5S. The second-order valence-electron chi connectivity index (χ2n) is 7.52. The summed E-state index contributed by atoms with van der Waals surface area (Å²) in [5.74, 6) is -0.954. The maximum absolute atomic E-state index is 13.3. The fourth-order valence-electron chi connectivity index (χ4n) is 3.05. The lowest BCUT2D eigenvalue weighted by Crippen LogP contribution is -2.39. The van der Waals surface area contributed by atoms with Gasteiger partial charge in [0.2, 0.25) is 0 Å². The smallest absolute Gasteiger partial charge is 0.271 e. The van der Waals surface area contributed by atoms with E-state index < -0.39 is 39.1 Å². The van der Waals surface area contributed by atoms with E-state index >= 15 is 0 Å². The summed E-state index contributed by atoms with van der Waals surface area (Å²) in [6.07, 6.45) is -3.63. The largest absolute Gasteiger partial charge is 0.416 e. The van der Waals surface area contributed by atoms with Crippen LogP contribution in [0.5, 0.6) is 0 Å². The molecule has 188 valence electrons. The Morgan fingerprint density at radius 1 is 1.08 bits per heavy atom. The van der Waals surface area contributed by atoms with E-state index in [9.17, 15) is 36.5 Å². The summed E-state index contributed by atoms with van der Waals surface area (Å²) in [5.41, 5.74) is 1.47. The molecule has 3 rings (SSSR count). The molecule has 0 atom stereocenters. The van der Waals surface area contributed by atoms with Gasteiger partial charge in [-0.15, -0.1) is 0 Å². The van der Waals surface area contributed by atoms with Crippen LogP contribution in [0.3, 0.4) is 0 Å². The van der Waals surface area contributed by atoms with Crippen LogP contribution in [0.1, 0.15) is 16.7 Å². The van der Waals surface area contributed by atoms with Crippen molar-refractivity contribution in [2.45, 2.75) is 18.0 Å². The fourth-order valence-corrected chi connectivity index (χ4v) is 4.47. The fraction of sp³-hybridized carbons (Fsp3) is 0.130. The zero-order valence-electron chi connectivity index (χ0n) is 18.6. The maximum atomic E-state index is 13.3. The molecule has 0 aromatic heterocycles. The summed E-state index contributed by atoms with van der Waals surface area (Å²) in [7, 11) is -4.44. The molecule has 0 bridgehead atoms. The molecule has 3 aromatic rings. The quantitative estimate of drug-likeness (QED) is 0.270. The van der Waals surface area contributed by atoms with E-state index in [1.165, 1.54) is 48.5 Å². The molecule has 0 fully saturated rings. The lowest BCUT2D eigenvalue weighted by atomic mass is 10.2. The molecule has 0 aliphatic carbocycles. The van der Waals surface area contributed by atoms with E-state index in [2.05, 4.69) is 10.5 Å². The minimum absolute atomic E-state index is 0.204. The van der Waals surface area contributed by atoms with Gasteiger partial charge in [-0.3, -0.25) is 19.2 Å². The predicted molar refractivity (Wildman–Crippen MR) is 126 cm³/mol. The van der Waals surface area contributed by atoms with Crippen LogP contribution >= 0.6 is 0 Å². The Kier molecular flexibility index (Phi) is 7.73. The Hall–Kier alpha value is -4.26. The molecule has 0 spiro atoms. The Morgan fingerprint density at radius 2 is 1.75 bits per heavy atom. The van der Waals surface area contributed by atoms with Crippen LogP contribution in [0.15, 0.2) is 82.8 Å². The highest BCUT2D eigenvalue weighted by Crippen LogP contribution is 2.33. The number of anilines is 1. The Labute approximate surface area is 204 Å². The molecule has 0 aliphatic heterocycles. The molecule has 0 radical (unpaired) electrons. The minimum atomic E-state index is -4.74. The number of halogens is 3. The number of nitro groups is 1. The van der Waals surface area contributed by atoms with Gasteiger partial charge in [-0.05, 0) is 37.3 Å². The summed E-state index contributed by atoms with van der Waals surface area (Å²) in [5, 5.41) is 14.5. The maximum Gasteiger partial charge on any atom is 0.416 e. The molecule has 0 saturated heterocycles. The van der Waals surface area contributed by atoms with Gasteiger partial charge in [-0.2, -0.15) is 18.3 Å². The summed E-state index contributed by atoms with van der Waals surface area (Å²) in [6, 6.07) is 14.5. The number of carbonyl (C=O) groups excluding carboxylic acids is 1. The highest BCUT2D eigenvalue weighted by molar-refractivity contribution is 7.92. The molecule has 1 amide bonds. The highest BCUT2D eigenvalue weighted by atomic mass is 32.2. The zero-order chi connectivity index (χ0) is 26.5. The van der Waals surface area contributed by atoms with Crippen molar-refractivity contribution < 1.29 is 31.3 Å². The van der Waals surface area contributed by atoms with Crippen LogP contribution in [-0.4, -0.2) is 32.0 Å². The predicted octanol–water partition coefficient (Wildman–Crippen LogP) is 4.27. The van der Waals surface area contributed by atoms with Crippen LogP contribution in [0.4, 0.5) is 24.5 Å². The van der Waals surface area contributed by atoms with E-state index in [0.717, 1.165) is 30.0 Å². The average Bonchev–Trinajstić information content (AvgIpc) is 2.82. The number of nitro benzene ring substituents is 1. The van der Waals surface area contributed by atoms with Crippen molar-refractivity contribution in [3.05, 3.63) is 99.6 Å². The standard InChI is InChI=1S/C23H19F3N4O5S/c1-16-8-10-21(11-9-16)36(34,35)29(19-6-3-5-18(13-19)23(24,25)26)15-22(31)28-27-14-17-4-2-7-20(12-17)30(32)33/h2-14H,15H2,1H3,(H,28,31)/b27-14-. The number of carbonyl (C=O) groups is 1. The molecule has 0 heterocycles. The molecule has 36 heavy (non-hydrogen) atoms. The number of nitrogens with zero attached hydrogens (tertiary/aromatic N) is 3. The van der Waals surface area contributed by atoms with Crippen molar-refractivity contribution in [3.63, 3.8) is 0 Å². The Balaban J connectivity index is 1.90. The first-order valence-electron chi connectivity index (χ1n) is 10.2. The number of non-ortho nitro benzene ring substituents is 1. The lowest BCUT2D eigenvalue weighted by Gasteiger charge is -2.24. The van der Waals surface area contributed by atoms with Crippen LogP contribution in [0.25, 0.3) is 0 Å². The summed E-state index contributed by atoms with van der Waals surface area (Å²) >= 11 is 0. The second kappa shape index (κ2) is 10.6. The molecule has 13 heteroatoms. The number of hydrogen-bond donors (Lipinski definition) is 1. The third-order valence-corrected chi connectivity index (χ3v) is 6.63. The number of amides is 1. The summed E-state index contributed by atoms with van der Waals surface area (Å²) in [4.78, 5) is 22.6. The van der Waals surface area contributed by atoms with Crippen LogP contribution < -0.4 is 9.73 Å². The number of aryl methyl sites for hydroxylation is 1. The summed E-state index contributed by atoms with van der Waals surface area (Å²) < 4.78 is 66.9. The van der Waals surface area contributed by atoms with Gasteiger partial charge in [-0.25, -0.2) is 13.8 Å². The lowest BCUT2D eigenvalue weighted by molar-refractivity contribution is -0.384. The van der Waals surface area contributed by atoms with Crippen molar-refractivity contribution in [1.29, 1.82) is 0 Å². The van der Waals surface area contributed by atoms with Crippen LogP contribution in [0, 0.1) is 17.0 Å².